The van der Waals surface area contributed by atoms with Gasteiger partial charge >= 0.3 is 5.69 Å². The first-order chi connectivity index (χ1) is 15.1. The van der Waals surface area contributed by atoms with E-state index >= 15 is 0 Å². The lowest BCUT2D eigenvalue weighted by molar-refractivity contribution is -0.130. The minimum absolute atomic E-state index is 0.0284. The molecule has 1 amide bonds. The number of carbonyl (C=O) groups is 1. The van der Waals surface area contributed by atoms with Crippen molar-refractivity contribution in [1.29, 1.82) is 0 Å². The molecule has 3 rings (SSSR count). The molecule has 1 aromatic carbocycles. The second kappa shape index (κ2) is 9.30. The monoisotopic (exact) mass is 447 g/mol. The molecule has 0 spiro atoms. The van der Waals surface area contributed by atoms with Crippen LogP contribution in [0.1, 0.15) is 17.8 Å². The number of hydrogen-bond donors (Lipinski definition) is 0. The number of aromatic nitrogens is 5. The van der Waals surface area contributed by atoms with Crippen LogP contribution in [-0.2, 0) is 24.9 Å². The summed E-state index contributed by atoms with van der Waals surface area (Å²) in [4.78, 5) is 45.0. The van der Waals surface area contributed by atoms with Gasteiger partial charge in [-0.05, 0) is 31.8 Å². The zero-order chi connectivity index (χ0) is 23.6. The SMILES string of the molecule is CN(C)CCC(=O)N(C)Cc1nnc2c(n1)c(=O)n(C)c(=O)n2Cc1ccc(F)c(F)c1. The maximum atomic E-state index is 13.6. The summed E-state index contributed by atoms with van der Waals surface area (Å²) in [6.45, 7) is 0.441. The standard InChI is InChI=1S/C20H23F2N7O3/c1-26(2)8-7-16(30)27(3)11-15-23-17-18(25-24-15)29(20(32)28(4)19(17)31)10-12-5-6-13(21)14(22)9-12/h5-6,9H,7-8,10-11H2,1-4H3. The molecule has 0 saturated carbocycles. The Balaban J connectivity index is 1.97. The van der Waals surface area contributed by atoms with E-state index in [1.165, 1.54) is 18.0 Å². The molecule has 170 valence electrons. The van der Waals surface area contributed by atoms with E-state index in [9.17, 15) is 23.2 Å². The van der Waals surface area contributed by atoms with E-state index in [0.29, 0.717) is 18.5 Å². The summed E-state index contributed by atoms with van der Waals surface area (Å²) in [5.74, 6) is -2.06. The van der Waals surface area contributed by atoms with Gasteiger partial charge in [-0.25, -0.2) is 18.6 Å². The maximum Gasteiger partial charge on any atom is 0.332 e. The minimum atomic E-state index is -1.06. The Hall–Kier alpha value is -3.54. The molecule has 2 aromatic heterocycles. The second-order valence-corrected chi connectivity index (χ2v) is 7.68. The van der Waals surface area contributed by atoms with E-state index in [4.69, 9.17) is 0 Å². The summed E-state index contributed by atoms with van der Waals surface area (Å²) >= 11 is 0. The lowest BCUT2D eigenvalue weighted by atomic mass is 10.2. The number of halogens is 2. The number of amides is 1. The van der Waals surface area contributed by atoms with Crippen molar-refractivity contribution >= 4 is 17.1 Å². The Bertz CT molecular complexity index is 1290. The first-order valence-electron chi connectivity index (χ1n) is 9.74. The molecule has 0 aliphatic carbocycles. The molecule has 0 atom stereocenters. The zero-order valence-corrected chi connectivity index (χ0v) is 18.2. The predicted octanol–water partition coefficient (Wildman–Crippen LogP) is 0.122. The lowest BCUT2D eigenvalue weighted by Gasteiger charge is -2.18. The summed E-state index contributed by atoms with van der Waals surface area (Å²) in [6.07, 6.45) is 0.306. The first-order valence-corrected chi connectivity index (χ1v) is 9.74. The predicted molar refractivity (Wildman–Crippen MR) is 112 cm³/mol. The zero-order valence-electron chi connectivity index (χ0n) is 18.2. The van der Waals surface area contributed by atoms with Gasteiger partial charge in [0.05, 0.1) is 13.1 Å². The highest BCUT2D eigenvalue weighted by Gasteiger charge is 2.18. The third kappa shape index (κ3) is 4.85. The van der Waals surface area contributed by atoms with E-state index < -0.39 is 22.9 Å². The molecule has 12 heteroatoms. The topological polar surface area (TPSA) is 106 Å². The summed E-state index contributed by atoms with van der Waals surface area (Å²) in [7, 11) is 6.59. The van der Waals surface area contributed by atoms with Gasteiger partial charge in [0.2, 0.25) is 5.91 Å². The van der Waals surface area contributed by atoms with Crippen LogP contribution in [0, 0.1) is 11.6 Å². The molecule has 0 radical (unpaired) electrons. The summed E-state index contributed by atoms with van der Waals surface area (Å²) in [5, 5.41) is 7.95. The van der Waals surface area contributed by atoms with Crippen LogP contribution in [-0.4, -0.2) is 67.7 Å². The van der Waals surface area contributed by atoms with Crippen molar-refractivity contribution in [2.45, 2.75) is 19.5 Å². The number of carbonyl (C=O) groups excluding carboxylic acids is 1. The van der Waals surface area contributed by atoms with Crippen LogP contribution in [0.2, 0.25) is 0 Å². The van der Waals surface area contributed by atoms with Crippen molar-refractivity contribution < 1.29 is 13.6 Å². The van der Waals surface area contributed by atoms with Gasteiger partial charge in [0.15, 0.2) is 28.6 Å². The Morgan fingerprint density at radius 2 is 1.81 bits per heavy atom. The fourth-order valence-electron chi connectivity index (χ4n) is 3.04. The highest BCUT2D eigenvalue weighted by Crippen LogP contribution is 2.11. The van der Waals surface area contributed by atoms with Crippen molar-refractivity contribution in [1.82, 2.24) is 34.1 Å². The fourth-order valence-corrected chi connectivity index (χ4v) is 3.04. The van der Waals surface area contributed by atoms with Gasteiger partial charge in [-0.2, -0.15) is 0 Å². The van der Waals surface area contributed by atoms with Gasteiger partial charge in [-0.15, -0.1) is 10.2 Å². The first kappa shape index (κ1) is 23.1. The van der Waals surface area contributed by atoms with Crippen molar-refractivity contribution in [3.05, 3.63) is 62.1 Å². The van der Waals surface area contributed by atoms with E-state index in [-0.39, 0.29) is 36.0 Å². The summed E-state index contributed by atoms with van der Waals surface area (Å²) in [6, 6.07) is 3.23. The average molecular weight is 447 g/mol. The van der Waals surface area contributed by atoms with Crippen molar-refractivity contribution in [2.24, 2.45) is 7.05 Å². The van der Waals surface area contributed by atoms with Gasteiger partial charge in [0.25, 0.3) is 5.56 Å². The van der Waals surface area contributed by atoms with E-state index in [1.54, 1.807) is 7.05 Å². The molecule has 10 nitrogen and oxygen atoms in total. The largest absolute Gasteiger partial charge is 0.338 e. The van der Waals surface area contributed by atoms with Crippen LogP contribution in [0.3, 0.4) is 0 Å². The quantitative estimate of drug-likeness (QED) is 0.507. The van der Waals surface area contributed by atoms with Gasteiger partial charge in [-0.3, -0.25) is 18.7 Å². The van der Waals surface area contributed by atoms with Crippen LogP contribution in [0.4, 0.5) is 8.78 Å². The molecule has 0 saturated heterocycles. The normalized spacial score (nSPS) is 11.3. The number of nitrogens with zero attached hydrogens (tertiary/aromatic N) is 7. The number of benzene rings is 1. The third-order valence-corrected chi connectivity index (χ3v) is 4.90. The van der Waals surface area contributed by atoms with Crippen LogP contribution in [0.25, 0.3) is 11.2 Å². The van der Waals surface area contributed by atoms with E-state index in [2.05, 4.69) is 15.2 Å². The molecule has 0 fully saturated rings. The van der Waals surface area contributed by atoms with E-state index in [1.807, 2.05) is 19.0 Å². The molecule has 3 aromatic rings. The average Bonchev–Trinajstić information content (AvgIpc) is 2.75. The van der Waals surface area contributed by atoms with Crippen LogP contribution >= 0.6 is 0 Å². The van der Waals surface area contributed by atoms with Gasteiger partial charge in [-0.1, -0.05) is 6.07 Å². The van der Waals surface area contributed by atoms with Crippen molar-refractivity contribution in [3.63, 3.8) is 0 Å². The summed E-state index contributed by atoms with van der Waals surface area (Å²) < 4.78 is 28.8. The molecule has 2 heterocycles. The molecule has 0 aliphatic heterocycles. The van der Waals surface area contributed by atoms with Crippen molar-refractivity contribution in [3.8, 4) is 0 Å². The van der Waals surface area contributed by atoms with Crippen LogP contribution in [0.5, 0.6) is 0 Å². The Morgan fingerprint density at radius 1 is 1.09 bits per heavy atom. The molecule has 0 aliphatic rings. The highest BCUT2D eigenvalue weighted by molar-refractivity contribution is 5.76. The minimum Gasteiger partial charge on any atom is -0.338 e. The third-order valence-electron chi connectivity index (χ3n) is 4.90. The lowest BCUT2D eigenvalue weighted by Crippen LogP contribution is -2.39. The molecule has 0 bridgehead atoms. The highest BCUT2D eigenvalue weighted by atomic mass is 19.2. The van der Waals surface area contributed by atoms with E-state index in [0.717, 1.165) is 21.3 Å². The number of hydrogen-bond acceptors (Lipinski definition) is 7. The van der Waals surface area contributed by atoms with Gasteiger partial charge in [0.1, 0.15) is 0 Å². The molecular weight excluding hydrogens is 424 g/mol. The van der Waals surface area contributed by atoms with Gasteiger partial charge in [0, 0.05) is 27.1 Å². The van der Waals surface area contributed by atoms with Crippen molar-refractivity contribution in [2.75, 3.05) is 27.7 Å². The molecule has 0 N–H and O–H groups in total. The van der Waals surface area contributed by atoms with Gasteiger partial charge < -0.3 is 9.80 Å². The second-order valence-electron chi connectivity index (χ2n) is 7.68. The number of rotatable bonds is 7. The fraction of sp³-hybridized carbons (Fsp3) is 0.400. The molecular formula is C20H23F2N7O3. The molecule has 32 heavy (non-hydrogen) atoms. The summed E-state index contributed by atoms with van der Waals surface area (Å²) in [5.41, 5.74) is -1.29. The Labute approximate surface area is 181 Å². The number of fused-ring (bicyclic) bond motifs is 1. The maximum absolute atomic E-state index is 13.6. The van der Waals surface area contributed by atoms with Crippen LogP contribution in [0.15, 0.2) is 27.8 Å². The smallest absolute Gasteiger partial charge is 0.332 e. The molecule has 0 unspecified atom stereocenters. The Morgan fingerprint density at radius 3 is 2.47 bits per heavy atom. The Kier molecular flexibility index (Phi) is 6.72. The van der Waals surface area contributed by atoms with Crippen LogP contribution < -0.4 is 11.2 Å².